The van der Waals surface area contributed by atoms with Gasteiger partial charge in [-0.05, 0) is 201 Å². The highest BCUT2D eigenvalue weighted by atomic mass is 32.2. The molecule has 0 saturated carbocycles. The van der Waals surface area contributed by atoms with Gasteiger partial charge in [0.25, 0.3) is 10.1 Å². The van der Waals surface area contributed by atoms with Gasteiger partial charge in [-0.3, -0.25) is 14.8 Å². The second-order valence-electron chi connectivity index (χ2n) is 33.6. The second-order valence-corrected chi connectivity index (χ2v) is 35.2. The summed E-state index contributed by atoms with van der Waals surface area (Å²) >= 11 is 0. The Balaban J connectivity index is -0.0000000419. The number of fused-ring (bicyclic) bond motifs is 1. The number of aliphatic hydroxyl groups excluding tert-OH is 1. The average Bonchev–Trinajstić information content (AvgIpc) is 0.774. The number of ether oxygens (including phenoxy) is 9. The minimum absolute atomic E-state index is 0. The quantitative estimate of drug-likeness (QED) is 0.0160. The van der Waals surface area contributed by atoms with Gasteiger partial charge in [0.2, 0.25) is 0 Å². The maximum absolute atomic E-state index is 13.1. The summed E-state index contributed by atoms with van der Waals surface area (Å²) in [6, 6.07) is 26.0. The van der Waals surface area contributed by atoms with Gasteiger partial charge < -0.3 is 47.7 Å². The van der Waals surface area contributed by atoms with Crippen LogP contribution in [0.15, 0.2) is 114 Å². The lowest BCUT2D eigenvalue weighted by atomic mass is 9.82. The molecule has 6 rings (SSSR count). The smallest absolute Gasteiger partial charge is 0.297 e. The van der Waals surface area contributed by atoms with E-state index in [1.54, 1.807) is 26.0 Å². The largest absolute Gasteiger partial charge is 0.430 e. The van der Waals surface area contributed by atoms with Crippen molar-refractivity contribution in [2.24, 2.45) is 35.5 Å². The van der Waals surface area contributed by atoms with Crippen molar-refractivity contribution in [1.82, 2.24) is 10.6 Å². The molecule has 16 heteroatoms. The van der Waals surface area contributed by atoms with E-state index in [9.17, 15) is 13.5 Å². The second kappa shape index (κ2) is 82.3. The highest BCUT2D eigenvalue weighted by molar-refractivity contribution is 7.86. The third-order valence-corrected chi connectivity index (χ3v) is 24.0. The van der Waals surface area contributed by atoms with Crippen LogP contribution in [0, 0.1) is 327 Å². The van der Waals surface area contributed by atoms with Crippen molar-refractivity contribution in [2.45, 2.75) is 304 Å². The van der Waals surface area contributed by atoms with Crippen molar-refractivity contribution < 1.29 is 129 Å². The molecule has 3 aromatic carbocycles. The van der Waals surface area contributed by atoms with Gasteiger partial charge in [-0.15, -0.1) is 0 Å². The molecule has 3 aromatic rings. The van der Waals surface area contributed by atoms with Crippen LogP contribution in [0.25, 0.3) is 0 Å². The Hall–Kier alpha value is -14.3. The molecule has 836 valence electrons. The first-order valence-electron chi connectivity index (χ1n) is 49.1. The molecule has 3 heterocycles. The first kappa shape index (κ1) is 122. The number of aliphatic hydroxyl groups is 1. The summed E-state index contributed by atoms with van der Waals surface area (Å²) in [5, 5.41) is 18.2. The minimum atomic E-state index is -4.11. The van der Waals surface area contributed by atoms with Gasteiger partial charge in [0, 0.05) is 246 Å². The summed E-state index contributed by atoms with van der Waals surface area (Å²) in [7, 11) is -4.11. The fraction of sp³-hybridized carbons (Fsp3) is 0.453. The third kappa shape index (κ3) is 57.6. The maximum atomic E-state index is 13.1. The number of hydrogen-bond donors (Lipinski definition) is 3. The monoisotopic (exact) mass is 2040 g/mol. The molecule has 3 saturated heterocycles. The highest BCUT2D eigenvalue weighted by Crippen LogP contribution is 2.39. The fourth-order valence-electron chi connectivity index (χ4n) is 14.4. The highest BCUT2D eigenvalue weighted by Gasteiger charge is 2.49. The molecule has 16 atom stereocenters. The number of hydrogen-bond acceptors (Lipinski definition) is 15. The predicted molar refractivity (Wildman–Crippen MR) is 677 cm³/mol. The molecule has 15 nitrogen and oxygen atoms in total. The van der Waals surface area contributed by atoms with Crippen LogP contribution in [-0.4, -0.2) is 115 Å². The maximum Gasteiger partial charge on any atom is 0.297 e. The van der Waals surface area contributed by atoms with Crippen molar-refractivity contribution in [3.8, 4) is 285 Å². The van der Waals surface area contributed by atoms with E-state index < -0.39 is 41.3 Å². The summed E-state index contributed by atoms with van der Waals surface area (Å²) in [4.78, 5) is 0.0210. The molecule has 3 aliphatic heterocycles. The number of nitrogens with one attached hydrogen (secondary N) is 2. The lowest BCUT2D eigenvalue weighted by Gasteiger charge is -2.50. The summed E-state index contributed by atoms with van der Waals surface area (Å²) in [5.41, 5.74) is 3.04. The Morgan fingerprint density at radius 3 is 1.06 bits per heavy atom. The Kier molecular flexibility index (Phi) is 69.7. The standard InChI is InChI=1S/C67H69NO8S.C60H61NO5.CH4.48H2/c1-7-9-11-13-15-17-19-21-22-23-24-25-26-27-28-29-30-31-33-35-37-39-44-52-72-56-68-63(54-74-67-60(6)59(5)65(69)64(76-67)55-75-77(70,71)62-50-48-57(3)49-51-62)66(73-53-61-46-42-40-43-47-61)58(4)45-41-38-36-34-32-20-18-16-14-12-10-8-2;1-6-8-10-12-14-16-18-20-21-22-23-24-25-26-27-28-29-30-32-34-36-38-43-47-62-51-61-56(49-65-60-54(5)53(4)59-57(66-60)50-64-59)58(63-48-55-45-41-39-42-46-55)52(3)44-40-37-35-33-31-19-17-15-13-11-9-7-2;;;;;;;;;;;;;;;;;;;;;;;;;;;;;;;;;;;;;;;;;;;;;;;;;/h38,40-43,46-51,58-60,63-69H,8,10,12,14,16,18,20,32,34,36,45,53-56H2,1-6H3;37,39-42,45-46,52-54,56-61H,7,9,11,13,15,17,19,31,33,35,44,48-51H2,1-5H3;1H4;48*1H/t58-,59-,60?,63+,64?,65-,66-,67+;52-,53-,54?,56+,57?,58-,59-,60+;;;;;;;;;;;;;;;;;;;;;;;;;;;;;;;;;;;;;;;;;;;;;;;;;/m11................................................./s1. The molecule has 4 unspecified atom stereocenters. The van der Waals surface area contributed by atoms with Crippen molar-refractivity contribution in [3.05, 3.63) is 126 Å². The Morgan fingerprint density at radius 1 is 0.410 bits per heavy atom. The molecule has 0 radical (unpaired) electrons. The van der Waals surface area contributed by atoms with E-state index in [1.165, 1.54) is 121 Å². The number of unbranched alkanes of at least 4 members (excludes halogenated alkanes) is 18. The van der Waals surface area contributed by atoms with E-state index in [1.807, 2.05) is 69.3 Å². The molecule has 144 heavy (non-hydrogen) atoms. The first-order chi connectivity index (χ1) is 70.1. The molecular weight excluding hydrogens is 1810 g/mol. The SMILES string of the molecule is C.CC#CC#CC#CC#CC#CC#CC#CC#CC#CC#CC#CC#COCN[C@@H](CO[C@H]1OC(COS(=O)(=O)c2ccc(C)cc2)[C@H](O)[C@H](C)C1C)[C@H](OCc1ccccc1)[C@H](C)CC=CCCCCCCCCCCC.CC#CC#CC#CC#CC#CC#CC#CC#CC#CC#CC#CC#COCN[C@@H](CO[C@H]1OC2CO[C@@H]2[C@H](C)C1C)[C@H](OCc1ccccc1)[C@H](C)CC=CCCCCCCCCCCC.[HH].[HH].[HH].[HH].[HH].[HH].[HH].[HH].[HH].[HH].[HH].[HH].[HH].[HH].[HH].[HH].[HH].[HH].[HH].[HH].[HH].[HH].[HH].[HH].[HH].[HH].[HH].[HH].[HH].[HH].[HH].[HH].[HH].[HH].[HH].[HH].[HH].[HH].[HH].[HH].[HH].[HH].[HH].[HH].[HH].[HH].[HH].[HH]. The normalized spacial score (nSPS) is 17.2. The van der Waals surface area contributed by atoms with Crippen LogP contribution < -0.4 is 10.6 Å². The van der Waals surface area contributed by atoms with Crippen LogP contribution in [0.1, 0.15) is 303 Å². The molecule has 0 bridgehead atoms. The van der Waals surface area contributed by atoms with Crippen molar-refractivity contribution in [3.63, 3.8) is 0 Å². The van der Waals surface area contributed by atoms with Crippen LogP contribution in [0.3, 0.4) is 0 Å². The van der Waals surface area contributed by atoms with Crippen molar-refractivity contribution in [1.29, 1.82) is 0 Å². The zero-order chi connectivity index (χ0) is 102. The van der Waals surface area contributed by atoms with Crippen LogP contribution >= 0.6 is 0 Å². The zero-order valence-electron chi connectivity index (χ0n) is 84.6. The number of allylic oxidation sites excluding steroid dienone is 4. The Labute approximate surface area is 936 Å². The number of aryl methyl sites for hydroxylation is 1. The summed E-state index contributed by atoms with van der Waals surface area (Å²) < 4.78 is 88.1. The zero-order valence-corrected chi connectivity index (χ0v) is 85.4. The average molecular weight is 2040 g/mol. The predicted octanol–water partition coefficient (Wildman–Crippen LogP) is 30.0. The molecule has 3 N–H and O–H groups in total. The fourth-order valence-corrected chi connectivity index (χ4v) is 15.3. The van der Waals surface area contributed by atoms with Gasteiger partial charge in [-0.25, -0.2) is 0 Å². The van der Waals surface area contributed by atoms with Gasteiger partial charge in [-0.1, -0.05) is 280 Å². The van der Waals surface area contributed by atoms with E-state index >= 15 is 0 Å². The summed E-state index contributed by atoms with van der Waals surface area (Å²) in [6.45, 7) is 24.1. The topological polar surface area (TPSA) is 171 Å². The first-order valence-corrected chi connectivity index (χ1v) is 50.5. The van der Waals surface area contributed by atoms with Crippen LogP contribution in [0.2, 0.25) is 0 Å². The van der Waals surface area contributed by atoms with Gasteiger partial charge >= 0.3 is 0 Å². The van der Waals surface area contributed by atoms with Crippen molar-refractivity contribution in [2.75, 3.05) is 39.9 Å². The van der Waals surface area contributed by atoms with Crippen LogP contribution in [0.4, 0.5) is 0 Å². The van der Waals surface area contributed by atoms with E-state index in [0.29, 0.717) is 32.3 Å². The summed E-state index contributed by atoms with van der Waals surface area (Å²) in [5.74, 6) is 118. The molecule has 3 aliphatic rings. The van der Waals surface area contributed by atoms with E-state index in [0.717, 1.165) is 48.8 Å². The van der Waals surface area contributed by atoms with E-state index in [-0.39, 0.29) is 167 Å². The lowest BCUT2D eigenvalue weighted by molar-refractivity contribution is -0.327. The van der Waals surface area contributed by atoms with Gasteiger partial charge in [0.1, 0.15) is 24.4 Å². The molecular formula is C128H230N2O13S. The Morgan fingerprint density at radius 2 is 0.729 bits per heavy atom. The third-order valence-electron chi connectivity index (χ3n) is 22.7. The lowest BCUT2D eigenvalue weighted by Crippen LogP contribution is -2.60. The molecule has 0 aromatic heterocycles. The minimum Gasteiger partial charge on any atom is -0.430 e. The summed E-state index contributed by atoms with van der Waals surface area (Å²) in [6.07, 6.45) is 38.2. The number of rotatable bonds is 50. The van der Waals surface area contributed by atoms with Gasteiger partial charge in [0.15, 0.2) is 26.0 Å². The van der Waals surface area contributed by atoms with E-state index in [2.05, 4.69) is 373 Å². The van der Waals surface area contributed by atoms with Crippen LogP contribution in [0.5, 0.6) is 0 Å². The number of benzene rings is 3. The Bertz CT molecular complexity index is 6490. The van der Waals surface area contributed by atoms with Crippen molar-refractivity contribution >= 4 is 10.1 Å². The van der Waals surface area contributed by atoms with Gasteiger partial charge in [-0.2, -0.15) is 8.42 Å². The molecule has 0 amide bonds. The molecule has 0 aliphatic carbocycles. The van der Waals surface area contributed by atoms with Crippen LogP contribution in [-0.2, 0) is 70.1 Å². The van der Waals surface area contributed by atoms with Gasteiger partial charge in [0.05, 0.1) is 81.0 Å². The van der Waals surface area contributed by atoms with E-state index in [4.69, 9.17) is 46.8 Å². The molecule has 3 fully saturated rings. The molecule has 0 spiro atoms.